The molecule has 3 nitrogen and oxygen atoms in total. The predicted molar refractivity (Wildman–Crippen MR) is 83.5 cm³/mol. The van der Waals surface area contributed by atoms with Gasteiger partial charge in [0.05, 0.1) is 0 Å². The fourth-order valence-corrected chi connectivity index (χ4v) is 2.21. The molecular weight excluding hydrogens is 372 g/mol. The summed E-state index contributed by atoms with van der Waals surface area (Å²) in [7, 11) is 0. The Morgan fingerprint density at radius 2 is 1.89 bits per heavy atom. The average molecular weight is 384 g/mol. The van der Waals surface area contributed by atoms with Gasteiger partial charge in [-0.15, -0.1) is 0 Å². The molecule has 98 valence electrons. The number of nitrogens with zero attached hydrogens (tertiary/aromatic N) is 1. The van der Waals surface area contributed by atoms with Crippen LogP contribution in [0.3, 0.4) is 0 Å². The third kappa shape index (κ3) is 3.42. The van der Waals surface area contributed by atoms with Gasteiger partial charge in [-0.25, -0.2) is 4.98 Å². The molecular formula is C14H12Br2N2O. The molecule has 1 amide bonds. The highest BCUT2D eigenvalue weighted by molar-refractivity contribution is 9.10. The number of hydrogen-bond donors (Lipinski definition) is 1. The van der Waals surface area contributed by atoms with Crippen LogP contribution in [0.1, 0.15) is 21.5 Å². The second-order valence-electron chi connectivity index (χ2n) is 4.23. The van der Waals surface area contributed by atoms with E-state index < -0.39 is 0 Å². The van der Waals surface area contributed by atoms with Crippen molar-refractivity contribution in [3.8, 4) is 0 Å². The molecule has 2 rings (SSSR count). The molecule has 0 radical (unpaired) electrons. The maximum atomic E-state index is 12.2. The number of amides is 1. The van der Waals surface area contributed by atoms with Crippen LogP contribution in [-0.4, -0.2) is 10.9 Å². The predicted octanol–water partition coefficient (Wildman–Crippen LogP) is 4.48. The van der Waals surface area contributed by atoms with Gasteiger partial charge < -0.3 is 5.32 Å². The van der Waals surface area contributed by atoms with E-state index in [1.165, 1.54) is 0 Å². The topological polar surface area (TPSA) is 42.0 Å². The van der Waals surface area contributed by atoms with Crippen molar-refractivity contribution < 1.29 is 4.79 Å². The van der Waals surface area contributed by atoms with E-state index in [0.717, 1.165) is 20.1 Å². The standard InChI is InChI=1S/C14H12Br2N2O/c1-8-3-4-10(15)6-11(8)14(19)18-13-5-9(2)12(16)7-17-13/h3-7H,1-2H3,(H,17,18,19). The van der Waals surface area contributed by atoms with E-state index in [1.807, 2.05) is 32.0 Å². The number of benzene rings is 1. The smallest absolute Gasteiger partial charge is 0.257 e. The fraction of sp³-hybridized carbons (Fsp3) is 0.143. The van der Waals surface area contributed by atoms with Crippen LogP contribution >= 0.6 is 31.9 Å². The molecule has 0 spiro atoms. The van der Waals surface area contributed by atoms with Crippen molar-refractivity contribution in [3.63, 3.8) is 0 Å². The lowest BCUT2D eigenvalue weighted by molar-refractivity contribution is 0.102. The van der Waals surface area contributed by atoms with Crippen molar-refractivity contribution in [1.82, 2.24) is 4.98 Å². The summed E-state index contributed by atoms with van der Waals surface area (Å²) in [6, 6.07) is 7.44. The van der Waals surface area contributed by atoms with E-state index >= 15 is 0 Å². The zero-order valence-electron chi connectivity index (χ0n) is 10.5. The van der Waals surface area contributed by atoms with Crippen molar-refractivity contribution in [2.24, 2.45) is 0 Å². The van der Waals surface area contributed by atoms with Gasteiger partial charge in [0.1, 0.15) is 5.82 Å². The minimum absolute atomic E-state index is 0.159. The fourth-order valence-electron chi connectivity index (χ4n) is 1.63. The summed E-state index contributed by atoms with van der Waals surface area (Å²) in [6.45, 7) is 3.85. The molecule has 0 fully saturated rings. The Labute approximate surface area is 128 Å². The first-order valence-corrected chi connectivity index (χ1v) is 7.25. The molecule has 0 bridgehead atoms. The van der Waals surface area contributed by atoms with Crippen molar-refractivity contribution >= 4 is 43.6 Å². The number of carbonyl (C=O) groups excluding carboxylic acids is 1. The van der Waals surface area contributed by atoms with Gasteiger partial charge >= 0.3 is 0 Å². The van der Waals surface area contributed by atoms with Crippen LogP contribution < -0.4 is 5.32 Å². The Balaban J connectivity index is 2.25. The average Bonchev–Trinajstić information content (AvgIpc) is 2.36. The first kappa shape index (κ1) is 14.2. The summed E-state index contributed by atoms with van der Waals surface area (Å²) in [4.78, 5) is 16.4. The summed E-state index contributed by atoms with van der Waals surface area (Å²) in [5.74, 6) is 0.387. The Hall–Kier alpha value is -1.20. The molecule has 2 aromatic rings. The van der Waals surface area contributed by atoms with Gasteiger partial charge in [0.15, 0.2) is 0 Å². The van der Waals surface area contributed by atoms with Crippen molar-refractivity contribution in [2.75, 3.05) is 5.32 Å². The molecule has 0 atom stereocenters. The van der Waals surface area contributed by atoms with Crippen LogP contribution in [0.5, 0.6) is 0 Å². The Bertz CT molecular complexity index is 641. The minimum Gasteiger partial charge on any atom is -0.307 e. The lowest BCUT2D eigenvalue weighted by Gasteiger charge is -2.08. The molecule has 19 heavy (non-hydrogen) atoms. The molecule has 0 aliphatic carbocycles. The highest BCUT2D eigenvalue weighted by Gasteiger charge is 2.11. The number of aryl methyl sites for hydroxylation is 2. The zero-order chi connectivity index (χ0) is 14.0. The van der Waals surface area contributed by atoms with Crippen LogP contribution in [-0.2, 0) is 0 Å². The minimum atomic E-state index is -0.159. The van der Waals surface area contributed by atoms with E-state index in [1.54, 1.807) is 12.3 Å². The first-order chi connectivity index (χ1) is 8.97. The summed E-state index contributed by atoms with van der Waals surface area (Å²) >= 11 is 6.75. The lowest BCUT2D eigenvalue weighted by Crippen LogP contribution is -2.14. The summed E-state index contributed by atoms with van der Waals surface area (Å²) in [5, 5.41) is 2.80. The second-order valence-corrected chi connectivity index (χ2v) is 6.00. The summed E-state index contributed by atoms with van der Waals surface area (Å²) in [5.41, 5.74) is 2.59. The zero-order valence-corrected chi connectivity index (χ0v) is 13.7. The van der Waals surface area contributed by atoms with Crippen LogP contribution in [0, 0.1) is 13.8 Å². The van der Waals surface area contributed by atoms with Crippen LogP contribution in [0.2, 0.25) is 0 Å². The number of pyridine rings is 1. The quantitative estimate of drug-likeness (QED) is 0.830. The number of carbonyl (C=O) groups is 1. The van der Waals surface area contributed by atoms with Gasteiger partial charge in [-0.2, -0.15) is 0 Å². The number of hydrogen-bond acceptors (Lipinski definition) is 2. The van der Waals surface area contributed by atoms with Gasteiger partial charge in [-0.05, 0) is 59.1 Å². The Morgan fingerprint density at radius 1 is 1.16 bits per heavy atom. The third-order valence-electron chi connectivity index (χ3n) is 2.73. The molecule has 0 unspecified atom stereocenters. The summed E-state index contributed by atoms with van der Waals surface area (Å²) < 4.78 is 1.80. The molecule has 5 heteroatoms. The first-order valence-electron chi connectivity index (χ1n) is 5.67. The highest BCUT2D eigenvalue weighted by atomic mass is 79.9. The second kappa shape index (κ2) is 5.84. The van der Waals surface area contributed by atoms with Crippen LogP contribution in [0.15, 0.2) is 39.4 Å². The third-order valence-corrected chi connectivity index (χ3v) is 4.06. The highest BCUT2D eigenvalue weighted by Crippen LogP contribution is 2.20. The molecule has 1 N–H and O–H groups in total. The number of rotatable bonds is 2. The normalized spacial score (nSPS) is 10.3. The molecule has 1 aromatic heterocycles. The number of anilines is 1. The van der Waals surface area contributed by atoms with E-state index in [2.05, 4.69) is 42.2 Å². The SMILES string of the molecule is Cc1cc(NC(=O)c2cc(Br)ccc2C)ncc1Br. The Morgan fingerprint density at radius 3 is 2.58 bits per heavy atom. The molecule has 1 heterocycles. The largest absolute Gasteiger partial charge is 0.307 e. The summed E-state index contributed by atoms with van der Waals surface area (Å²) in [6.07, 6.45) is 1.68. The maximum Gasteiger partial charge on any atom is 0.257 e. The van der Waals surface area contributed by atoms with E-state index in [4.69, 9.17) is 0 Å². The van der Waals surface area contributed by atoms with Gasteiger partial charge in [-0.3, -0.25) is 4.79 Å². The van der Waals surface area contributed by atoms with Crippen molar-refractivity contribution in [1.29, 1.82) is 0 Å². The molecule has 0 saturated heterocycles. The monoisotopic (exact) mass is 382 g/mol. The lowest BCUT2D eigenvalue weighted by atomic mass is 10.1. The van der Waals surface area contributed by atoms with Gasteiger partial charge in [0, 0.05) is 20.7 Å². The van der Waals surface area contributed by atoms with Gasteiger partial charge in [0.25, 0.3) is 5.91 Å². The van der Waals surface area contributed by atoms with Gasteiger partial charge in [-0.1, -0.05) is 22.0 Å². The molecule has 0 aliphatic heterocycles. The van der Waals surface area contributed by atoms with Crippen molar-refractivity contribution in [2.45, 2.75) is 13.8 Å². The Kier molecular flexibility index (Phi) is 4.37. The van der Waals surface area contributed by atoms with Crippen LogP contribution in [0.4, 0.5) is 5.82 Å². The molecule has 1 aromatic carbocycles. The van der Waals surface area contributed by atoms with E-state index in [-0.39, 0.29) is 5.91 Å². The number of aromatic nitrogens is 1. The van der Waals surface area contributed by atoms with Gasteiger partial charge in [0.2, 0.25) is 0 Å². The van der Waals surface area contributed by atoms with E-state index in [0.29, 0.717) is 11.4 Å². The molecule has 0 aliphatic rings. The van der Waals surface area contributed by atoms with Crippen LogP contribution in [0.25, 0.3) is 0 Å². The van der Waals surface area contributed by atoms with Crippen molar-refractivity contribution in [3.05, 3.63) is 56.1 Å². The number of nitrogens with one attached hydrogen (secondary N) is 1. The number of halogens is 2. The molecule has 0 saturated carbocycles. The van der Waals surface area contributed by atoms with E-state index in [9.17, 15) is 4.79 Å². The maximum absolute atomic E-state index is 12.2.